The van der Waals surface area contributed by atoms with Crippen molar-refractivity contribution in [2.45, 2.75) is 31.8 Å². The highest BCUT2D eigenvalue weighted by atomic mass is 32.2. The first-order valence-corrected chi connectivity index (χ1v) is 10.4. The van der Waals surface area contributed by atoms with Crippen molar-refractivity contribution in [3.63, 3.8) is 0 Å². The van der Waals surface area contributed by atoms with Gasteiger partial charge in [0.1, 0.15) is 0 Å². The van der Waals surface area contributed by atoms with Crippen LogP contribution in [-0.4, -0.2) is 51.1 Å². The third-order valence-electron chi connectivity index (χ3n) is 5.07. The largest absolute Gasteiger partial charge is 0.469 e. The van der Waals surface area contributed by atoms with Gasteiger partial charge in [0.2, 0.25) is 15.9 Å². The predicted octanol–water partition coefficient (Wildman–Crippen LogP) is 1.32. The van der Waals surface area contributed by atoms with E-state index in [4.69, 9.17) is 4.74 Å². The molecule has 0 heterocycles. The van der Waals surface area contributed by atoms with Gasteiger partial charge in [-0.1, -0.05) is 30.3 Å². The van der Waals surface area contributed by atoms with Crippen molar-refractivity contribution in [2.24, 2.45) is 11.8 Å². The quantitative estimate of drug-likeness (QED) is 0.749. The summed E-state index contributed by atoms with van der Waals surface area (Å²) in [5.41, 5.74) is 0.957. The summed E-state index contributed by atoms with van der Waals surface area (Å²) in [5, 5.41) is 2.93. The van der Waals surface area contributed by atoms with E-state index in [-0.39, 0.29) is 24.8 Å². The number of methoxy groups -OCH3 is 1. The summed E-state index contributed by atoms with van der Waals surface area (Å²) >= 11 is 0. The van der Waals surface area contributed by atoms with Gasteiger partial charge in [0.05, 0.1) is 31.2 Å². The topological polar surface area (TPSA) is 92.8 Å². The van der Waals surface area contributed by atoms with E-state index >= 15 is 0 Å². The van der Waals surface area contributed by atoms with Gasteiger partial charge in [0, 0.05) is 13.1 Å². The van der Waals surface area contributed by atoms with Crippen molar-refractivity contribution in [1.82, 2.24) is 9.62 Å². The molecule has 0 saturated heterocycles. The lowest BCUT2D eigenvalue weighted by atomic mass is 9.94. The number of ether oxygens (including phenoxy) is 1. The second kappa shape index (κ2) is 8.18. The number of hydrogen-bond acceptors (Lipinski definition) is 5. The van der Waals surface area contributed by atoms with E-state index in [9.17, 15) is 18.0 Å². The van der Waals surface area contributed by atoms with Crippen molar-refractivity contribution < 1.29 is 22.7 Å². The van der Waals surface area contributed by atoms with Crippen molar-refractivity contribution in [1.29, 1.82) is 0 Å². The summed E-state index contributed by atoms with van der Waals surface area (Å²) in [7, 11) is -0.659. The molecule has 26 heavy (non-hydrogen) atoms. The van der Waals surface area contributed by atoms with Crippen LogP contribution < -0.4 is 5.32 Å². The Labute approximate surface area is 154 Å². The lowest BCUT2D eigenvalue weighted by molar-refractivity contribution is -0.149. The van der Waals surface area contributed by atoms with Crippen molar-refractivity contribution in [2.75, 3.05) is 20.4 Å². The SMILES string of the molecule is COC(=O)[C@@H]1CC(N(C)S(C)(=O)=O)C[C@H]1C(=O)N[C@@H](C)c1ccccc1. The maximum Gasteiger partial charge on any atom is 0.309 e. The highest BCUT2D eigenvalue weighted by molar-refractivity contribution is 7.88. The Balaban J connectivity index is 2.15. The van der Waals surface area contributed by atoms with E-state index in [2.05, 4.69) is 5.32 Å². The molecule has 0 aromatic heterocycles. The van der Waals surface area contributed by atoms with E-state index < -0.39 is 33.9 Å². The van der Waals surface area contributed by atoms with Crippen LogP contribution >= 0.6 is 0 Å². The molecule has 7 nitrogen and oxygen atoms in total. The zero-order valence-corrected chi connectivity index (χ0v) is 16.3. The molecule has 0 aliphatic heterocycles. The van der Waals surface area contributed by atoms with Crippen LogP contribution in [0, 0.1) is 11.8 Å². The fraction of sp³-hybridized carbons (Fsp3) is 0.556. The Morgan fingerprint density at radius 2 is 1.77 bits per heavy atom. The van der Waals surface area contributed by atoms with Gasteiger partial charge < -0.3 is 10.1 Å². The molecule has 0 spiro atoms. The first-order valence-electron chi connectivity index (χ1n) is 8.51. The third-order valence-corrected chi connectivity index (χ3v) is 6.42. The molecule has 144 valence electrons. The Hall–Kier alpha value is -1.93. The third kappa shape index (κ3) is 4.62. The van der Waals surface area contributed by atoms with Crippen LogP contribution in [0.1, 0.15) is 31.4 Å². The van der Waals surface area contributed by atoms with Crippen LogP contribution in [0.2, 0.25) is 0 Å². The summed E-state index contributed by atoms with van der Waals surface area (Å²) in [5.74, 6) is -2.02. The molecule has 8 heteroatoms. The monoisotopic (exact) mass is 382 g/mol. The lowest BCUT2D eigenvalue weighted by Gasteiger charge is -2.22. The zero-order chi connectivity index (χ0) is 19.5. The Morgan fingerprint density at radius 3 is 2.31 bits per heavy atom. The number of carbonyl (C=O) groups is 2. The average Bonchev–Trinajstić information content (AvgIpc) is 3.05. The van der Waals surface area contributed by atoms with E-state index in [1.54, 1.807) is 0 Å². The van der Waals surface area contributed by atoms with Gasteiger partial charge in [-0.2, -0.15) is 0 Å². The molecule has 1 aromatic carbocycles. The van der Waals surface area contributed by atoms with Gasteiger partial charge in [-0.15, -0.1) is 0 Å². The molecule has 1 aliphatic rings. The number of nitrogens with zero attached hydrogens (tertiary/aromatic N) is 1. The van der Waals surface area contributed by atoms with Crippen LogP contribution in [0.4, 0.5) is 0 Å². The molecule has 4 atom stereocenters. The molecule has 2 rings (SSSR count). The first-order chi connectivity index (χ1) is 12.1. The summed E-state index contributed by atoms with van der Waals surface area (Å²) in [4.78, 5) is 24.9. The minimum absolute atomic E-state index is 0.214. The van der Waals surface area contributed by atoms with Crippen molar-refractivity contribution >= 4 is 21.9 Å². The molecule has 0 radical (unpaired) electrons. The van der Waals surface area contributed by atoms with Gasteiger partial charge in [-0.05, 0) is 25.3 Å². The summed E-state index contributed by atoms with van der Waals surface area (Å²) in [6.45, 7) is 1.87. The second-order valence-corrected chi connectivity index (χ2v) is 8.82. The Morgan fingerprint density at radius 1 is 1.19 bits per heavy atom. The lowest BCUT2D eigenvalue weighted by Crippen LogP contribution is -2.37. The molecule has 0 bridgehead atoms. The molecule has 1 N–H and O–H groups in total. The van der Waals surface area contributed by atoms with E-state index in [0.717, 1.165) is 11.8 Å². The van der Waals surface area contributed by atoms with Crippen molar-refractivity contribution in [3.05, 3.63) is 35.9 Å². The van der Waals surface area contributed by atoms with Gasteiger partial charge in [-0.25, -0.2) is 12.7 Å². The summed E-state index contributed by atoms with van der Waals surface area (Å²) in [6, 6.07) is 8.89. The van der Waals surface area contributed by atoms with Gasteiger partial charge in [0.15, 0.2) is 0 Å². The molecule has 1 fully saturated rings. The number of hydrogen-bond donors (Lipinski definition) is 1. The van der Waals surface area contributed by atoms with Crippen LogP contribution in [0.5, 0.6) is 0 Å². The number of carbonyl (C=O) groups excluding carboxylic acids is 2. The second-order valence-electron chi connectivity index (χ2n) is 6.78. The normalized spacial score (nSPS) is 24.3. The fourth-order valence-electron chi connectivity index (χ4n) is 3.43. The van der Waals surface area contributed by atoms with Gasteiger partial charge in [0.25, 0.3) is 0 Å². The molecular weight excluding hydrogens is 356 g/mol. The van der Waals surface area contributed by atoms with Crippen molar-refractivity contribution in [3.8, 4) is 0 Å². The molecule has 1 amide bonds. The fourth-order valence-corrected chi connectivity index (χ4v) is 4.14. The number of esters is 1. The van der Waals surface area contributed by atoms with E-state index in [1.807, 2.05) is 37.3 Å². The summed E-state index contributed by atoms with van der Waals surface area (Å²) in [6.07, 6.45) is 1.68. The Bertz CT molecular complexity index is 750. The van der Waals surface area contributed by atoms with Crippen LogP contribution in [0.25, 0.3) is 0 Å². The number of sulfonamides is 1. The van der Waals surface area contributed by atoms with E-state index in [1.165, 1.54) is 18.5 Å². The van der Waals surface area contributed by atoms with Crippen LogP contribution in [-0.2, 0) is 24.3 Å². The number of amides is 1. The maximum atomic E-state index is 12.8. The number of benzene rings is 1. The molecule has 1 unspecified atom stereocenters. The molecular formula is C18H26N2O5S. The van der Waals surface area contributed by atoms with Crippen LogP contribution in [0.3, 0.4) is 0 Å². The van der Waals surface area contributed by atoms with Gasteiger partial charge in [-0.3, -0.25) is 9.59 Å². The molecule has 1 saturated carbocycles. The van der Waals surface area contributed by atoms with E-state index in [0.29, 0.717) is 0 Å². The Kier molecular flexibility index (Phi) is 6.41. The molecule has 1 aromatic rings. The minimum atomic E-state index is -3.41. The molecule has 1 aliphatic carbocycles. The zero-order valence-electron chi connectivity index (χ0n) is 15.5. The smallest absolute Gasteiger partial charge is 0.309 e. The first kappa shape index (κ1) is 20.4. The van der Waals surface area contributed by atoms with Gasteiger partial charge >= 0.3 is 5.97 Å². The minimum Gasteiger partial charge on any atom is -0.469 e. The number of nitrogens with one attached hydrogen (secondary N) is 1. The average molecular weight is 382 g/mol. The van der Waals surface area contributed by atoms with Crippen LogP contribution in [0.15, 0.2) is 30.3 Å². The standard InChI is InChI=1S/C18H26N2O5S/c1-12(13-8-6-5-7-9-13)19-17(21)15-10-14(20(2)26(4,23)24)11-16(15)18(22)25-3/h5-9,12,14-16H,10-11H2,1-4H3,(H,19,21)/t12-,14?,15+,16+/m0/s1. The maximum absolute atomic E-state index is 12.8. The predicted molar refractivity (Wildman–Crippen MR) is 97.6 cm³/mol. The number of rotatable bonds is 6. The highest BCUT2D eigenvalue weighted by Crippen LogP contribution is 2.36. The highest BCUT2D eigenvalue weighted by Gasteiger charge is 2.46. The summed E-state index contributed by atoms with van der Waals surface area (Å²) < 4.78 is 29.7.